The molecule has 2 aromatic carbocycles. The van der Waals surface area contributed by atoms with Crippen LogP contribution >= 0.6 is 0 Å². The molecule has 4 N–H and O–H groups in total. The SMILES string of the molecule is Cc1cc(C)c(Oc2nc(Nc3ccc(C(N)=O)cc3)nc3nc[nH]c23)c(C)c1. The largest absolute Gasteiger partial charge is 0.436 e. The number of fused-ring (bicyclic) bond motifs is 1. The molecule has 146 valence electrons. The minimum Gasteiger partial charge on any atom is -0.436 e. The van der Waals surface area contributed by atoms with Crippen LogP contribution in [0.4, 0.5) is 11.6 Å². The number of aromatic amines is 1. The van der Waals surface area contributed by atoms with Crippen LogP contribution in [0.2, 0.25) is 0 Å². The normalized spacial score (nSPS) is 10.9. The molecule has 0 unspecified atom stereocenters. The van der Waals surface area contributed by atoms with Crippen molar-refractivity contribution in [3.63, 3.8) is 0 Å². The molecule has 0 saturated carbocycles. The second kappa shape index (κ2) is 7.23. The van der Waals surface area contributed by atoms with Crippen LogP contribution < -0.4 is 15.8 Å². The van der Waals surface area contributed by atoms with Gasteiger partial charge in [0.25, 0.3) is 5.88 Å². The fraction of sp³-hybridized carbons (Fsp3) is 0.143. The first kappa shape index (κ1) is 18.4. The molecule has 0 aliphatic rings. The average Bonchev–Trinajstić information content (AvgIpc) is 3.13. The Balaban J connectivity index is 1.70. The van der Waals surface area contributed by atoms with E-state index in [1.165, 1.54) is 5.56 Å². The summed E-state index contributed by atoms with van der Waals surface area (Å²) in [7, 11) is 0. The molecule has 4 rings (SSSR count). The third kappa shape index (κ3) is 3.73. The highest BCUT2D eigenvalue weighted by Gasteiger charge is 2.15. The number of nitrogens with zero attached hydrogens (tertiary/aromatic N) is 3. The van der Waals surface area contributed by atoms with Crippen molar-refractivity contribution in [1.29, 1.82) is 0 Å². The van der Waals surface area contributed by atoms with Gasteiger partial charge in [0.05, 0.1) is 6.33 Å². The van der Waals surface area contributed by atoms with Gasteiger partial charge in [0.1, 0.15) is 11.3 Å². The standard InChI is InChI=1S/C21H20N6O2/c1-11-8-12(2)17(13(3)9-11)29-20-16-19(24-10-23-16)26-21(27-20)25-15-6-4-14(5-7-15)18(22)28/h4-10H,1-3H3,(H2,22,28)(H2,23,24,25,26,27). The van der Waals surface area contributed by atoms with Crippen LogP contribution in [0.5, 0.6) is 11.6 Å². The van der Waals surface area contributed by atoms with Gasteiger partial charge in [0, 0.05) is 11.3 Å². The highest BCUT2D eigenvalue weighted by molar-refractivity contribution is 5.93. The summed E-state index contributed by atoms with van der Waals surface area (Å²) in [5.41, 5.74) is 10.7. The third-order valence-corrected chi connectivity index (χ3v) is 4.48. The lowest BCUT2D eigenvalue weighted by Gasteiger charge is -2.13. The number of nitrogens with two attached hydrogens (primary N) is 1. The molecule has 2 aromatic heterocycles. The van der Waals surface area contributed by atoms with Crippen LogP contribution in [0, 0.1) is 20.8 Å². The zero-order valence-electron chi connectivity index (χ0n) is 16.3. The average molecular weight is 388 g/mol. The summed E-state index contributed by atoms with van der Waals surface area (Å²) < 4.78 is 6.17. The number of hydrogen-bond acceptors (Lipinski definition) is 6. The van der Waals surface area contributed by atoms with Crippen molar-refractivity contribution in [2.24, 2.45) is 5.73 Å². The van der Waals surface area contributed by atoms with Crippen molar-refractivity contribution < 1.29 is 9.53 Å². The molecule has 8 heteroatoms. The summed E-state index contributed by atoms with van der Waals surface area (Å²) in [6, 6.07) is 10.8. The van der Waals surface area contributed by atoms with E-state index in [1.807, 2.05) is 20.8 Å². The molecule has 0 spiro atoms. The molecule has 0 saturated heterocycles. The number of anilines is 2. The van der Waals surface area contributed by atoms with Gasteiger partial charge in [0.15, 0.2) is 5.65 Å². The highest BCUT2D eigenvalue weighted by atomic mass is 16.5. The fourth-order valence-corrected chi connectivity index (χ4v) is 3.21. The summed E-state index contributed by atoms with van der Waals surface area (Å²) in [5, 5.41) is 3.11. The summed E-state index contributed by atoms with van der Waals surface area (Å²) >= 11 is 0. The first-order valence-corrected chi connectivity index (χ1v) is 9.04. The van der Waals surface area contributed by atoms with E-state index in [2.05, 4.69) is 37.4 Å². The minimum absolute atomic E-state index is 0.328. The van der Waals surface area contributed by atoms with Crippen LogP contribution in [0.25, 0.3) is 11.2 Å². The number of ether oxygens (including phenoxy) is 1. The minimum atomic E-state index is -0.481. The summed E-state index contributed by atoms with van der Waals surface area (Å²) in [5.74, 6) is 0.972. The van der Waals surface area contributed by atoms with Crippen molar-refractivity contribution in [1.82, 2.24) is 19.9 Å². The Labute approximate surface area is 167 Å². The van der Waals surface area contributed by atoms with E-state index in [4.69, 9.17) is 10.5 Å². The van der Waals surface area contributed by atoms with E-state index >= 15 is 0 Å². The summed E-state index contributed by atoms with van der Waals surface area (Å²) in [4.78, 5) is 27.4. The monoisotopic (exact) mass is 388 g/mol. The van der Waals surface area contributed by atoms with Gasteiger partial charge in [-0.05, 0) is 56.2 Å². The Morgan fingerprint density at radius 1 is 1.07 bits per heavy atom. The number of carbonyl (C=O) groups is 1. The highest BCUT2D eigenvalue weighted by Crippen LogP contribution is 2.32. The first-order chi connectivity index (χ1) is 13.9. The molecule has 0 aliphatic carbocycles. The van der Waals surface area contributed by atoms with Crippen LogP contribution in [0.3, 0.4) is 0 Å². The van der Waals surface area contributed by atoms with Gasteiger partial charge in [-0.2, -0.15) is 9.97 Å². The maximum absolute atomic E-state index is 11.2. The van der Waals surface area contributed by atoms with Crippen LogP contribution in [-0.4, -0.2) is 25.8 Å². The van der Waals surface area contributed by atoms with E-state index in [-0.39, 0.29) is 0 Å². The van der Waals surface area contributed by atoms with Gasteiger partial charge >= 0.3 is 0 Å². The molecular formula is C21H20N6O2. The van der Waals surface area contributed by atoms with Crippen molar-refractivity contribution >= 4 is 28.7 Å². The fourth-order valence-electron chi connectivity index (χ4n) is 3.21. The Morgan fingerprint density at radius 2 is 1.76 bits per heavy atom. The molecule has 2 heterocycles. The molecule has 1 amide bonds. The first-order valence-electron chi connectivity index (χ1n) is 9.04. The van der Waals surface area contributed by atoms with Crippen LogP contribution in [0.1, 0.15) is 27.0 Å². The van der Waals surface area contributed by atoms with Crippen LogP contribution in [-0.2, 0) is 0 Å². The number of rotatable bonds is 5. The number of aryl methyl sites for hydroxylation is 3. The molecule has 0 bridgehead atoms. The predicted molar refractivity (Wildman–Crippen MR) is 111 cm³/mol. The van der Waals surface area contributed by atoms with E-state index < -0.39 is 5.91 Å². The Morgan fingerprint density at radius 3 is 2.41 bits per heavy atom. The van der Waals surface area contributed by atoms with E-state index in [1.54, 1.807) is 30.6 Å². The maximum atomic E-state index is 11.2. The molecular weight excluding hydrogens is 368 g/mol. The number of aromatic nitrogens is 4. The number of carbonyl (C=O) groups excluding carboxylic acids is 1. The molecule has 0 fully saturated rings. The lowest BCUT2D eigenvalue weighted by atomic mass is 10.1. The number of amides is 1. The maximum Gasteiger partial charge on any atom is 0.250 e. The van der Waals surface area contributed by atoms with Gasteiger partial charge in [-0.1, -0.05) is 17.7 Å². The summed E-state index contributed by atoms with van der Waals surface area (Å²) in [6.45, 7) is 6.05. The molecule has 29 heavy (non-hydrogen) atoms. The Hall–Kier alpha value is -3.94. The smallest absolute Gasteiger partial charge is 0.250 e. The topological polar surface area (TPSA) is 119 Å². The molecule has 0 aliphatic heterocycles. The van der Waals surface area contributed by atoms with Gasteiger partial charge in [-0.15, -0.1) is 0 Å². The van der Waals surface area contributed by atoms with E-state index in [0.29, 0.717) is 34.2 Å². The van der Waals surface area contributed by atoms with Crippen molar-refractivity contribution in [2.45, 2.75) is 20.8 Å². The van der Waals surface area contributed by atoms with Gasteiger partial charge in [-0.3, -0.25) is 4.79 Å². The van der Waals surface area contributed by atoms with Gasteiger partial charge in [-0.25, -0.2) is 4.98 Å². The quantitative estimate of drug-likeness (QED) is 0.477. The zero-order chi connectivity index (χ0) is 20.5. The van der Waals surface area contributed by atoms with E-state index in [9.17, 15) is 4.79 Å². The number of benzene rings is 2. The van der Waals surface area contributed by atoms with Crippen LogP contribution in [0.15, 0.2) is 42.7 Å². The lowest BCUT2D eigenvalue weighted by Crippen LogP contribution is -2.10. The van der Waals surface area contributed by atoms with Crippen molar-refractivity contribution in [2.75, 3.05) is 5.32 Å². The number of imidazole rings is 1. The Kier molecular flexibility index (Phi) is 4.59. The molecule has 8 nitrogen and oxygen atoms in total. The number of hydrogen-bond donors (Lipinski definition) is 3. The van der Waals surface area contributed by atoms with E-state index in [0.717, 1.165) is 16.9 Å². The predicted octanol–water partition coefficient (Wildman–Crippen LogP) is 3.91. The molecule has 0 atom stereocenters. The number of primary amides is 1. The summed E-state index contributed by atoms with van der Waals surface area (Å²) in [6.07, 6.45) is 1.55. The van der Waals surface area contributed by atoms with Crippen molar-refractivity contribution in [3.8, 4) is 11.6 Å². The van der Waals surface area contributed by atoms with Gasteiger partial charge in [0.2, 0.25) is 11.9 Å². The zero-order valence-corrected chi connectivity index (χ0v) is 16.3. The number of nitrogens with one attached hydrogen (secondary N) is 2. The Bertz CT molecular complexity index is 1190. The molecule has 4 aromatic rings. The van der Waals surface area contributed by atoms with Gasteiger partial charge < -0.3 is 20.8 Å². The van der Waals surface area contributed by atoms with Crippen molar-refractivity contribution in [3.05, 3.63) is 65.0 Å². The third-order valence-electron chi connectivity index (χ3n) is 4.48. The second-order valence-corrected chi connectivity index (χ2v) is 6.85. The molecule has 0 radical (unpaired) electrons. The number of H-pyrrole nitrogens is 1. The lowest BCUT2D eigenvalue weighted by molar-refractivity contribution is 0.100. The second-order valence-electron chi connectivity index (χ2n) is 6.85.